The van der Waals surface area contributed by atoms with Gasteiger partial charge >= 0.3 is 0 Å². The lowest BCUT2D eigenvalue weighted by Gasteiger charge is -2.52. The second kappa shape index (κ2) is 11.1. The summed E-state index contributed by atoms with van der Waals surface area (Å²) in [6, 6.07) is 7.72. The van der Waals surface area contributed by atoms with Gasteiger partial charge in [0.1, 0.15) is 12.0 Å². The third-order valence-electron chi connectivity index (χ3n) is 9.51. The molecule has 0 bridgehead atoms. The molecule has 0 radical (unpaired) electrons. The van der Waals surface area contributed by atoms with Gasteiger partial charge in [0.15, 0.2) is 5.69 Å². The van der Waals surface area contributed by atoms with Gasteiger partial charge in [-0.25, -0.2) is 4.98 Å². The number of likely N-dealkylation sites (tertiary alicyclic amines) is 1. The summed E-state index contributed by atoms with van der Waals surface area (Å²) in [5.41, 5.74) is 3.42. The van der Waals surface area contributed by atoms with Crippen molar-refractivity contribution in [2.24, 2.45) is 11.3 Å². The summed E-state index contributed by atoms with van der Waals surface area (Å²) in [4.78, 5) is 36.7. The maximum atomic E-state index is 13.1. The first-order valence-electron chi connectivity index (χ1n) is 15.2. The molecule has 1 saturated carbocycles. The van der Waals surface area contributed by atoms with Crippen molar-refractivity contribution in [3.05, 3.63) is 54.3 Å². The first kappa shape index (κ1) is 27.6. The van der Waals surface area contributed by atoms with Crippen molar-refractivity contribution in [1.82, 2.24) is 30.0 Å². The summed E-state index contributed by atoms with van der Waals surface area (Å²) in [5, 5.41) is 12.1. The number of aryl methyl sites for hydroxylation is 1. The molecule has 2 aliphatic heterocycles. The molecule has 1 aliphatic carbocycles. The van der Waals surface area contributed by atoms with Crippen LogP contribution in [-0.2, 0) is 4.79 Å². The van der Waals surface area contributed by atoms with Gasteiger partial charge in [-0.3, -0.25) is 19.3 Å². The highest BCUT2D eigenvalue weighted by Gasteiger charge is 2.47. The third-order valence-corrected chi connectivity index (χ3v) is 9.51. The third kappa shape index (κ3) is 5.37. The van der Waals surface area contributed by atoms with Crippen LogP contribution in [0.1, 0.15) is 60.7 Å². The molecule has 0 atom stereocenters. The smallest absolute Gasteiger partial charge is 0.277 e. The van der Waals surface area contributed by atoms with Crippen LogP contribution in [0.3, 0.4) is 0 Å². The molecule has 5 heterocycles. The van der Waals surface area contributed by atoms with E-state index in [2.05, 4.69) is 36.4 Å². The minimum absolute atomic E-state index is 0.172. The topological polar surface area (TPSA) is 127 Å². The molecule has 3 fully saturated rings. The summed E-state index contributed by atoms with van der Waals surface area (Å²) in [6.07, 6.45) is 11.3. The van der Waals surface area contributed by atoms with Crippen LogP contribution in [-0.4, -0.2) is 69.8 Å². The Labute approximate surface area is 250 Å². The monoisotopic (exact) mass is 583 g/mol. The van der Waals surface area contributed by atoms with E-state index in [1.165, 1.54) is 6.26 Å². The van der Waals surface area contributed by atoms with Gasteiger partial charge in [-0.05, 0) is 82.2 Å². The van der Waals surface area contributed by atoms with E-state index in [1.807, 2.05) is 25.1 Å². The Morgan fingerprint density at radius 2 is 1.93 bits per heavy atom. The number of methoxy groups -OCH3 is 1. The maximum absolute atomic E-state index is 13.1. The Balaban J connectivity index is 1.00. The number of benzene rings is 1. The fourth-order valence-electron chi connectivity index (χ4n) is 6.96. The maximum Gasteiger partial charge on any atom is 0.277 e. The molecule has 1 spiro atoms. The number of anilines is 1. The van der Waals surface area contributed by atoms with Crippen molar-refractivity contribution in [2.75, 3.05) is 38.6 Å². The van der Waals surface area contributed by atoms with Gasteiger partial charge < -0.3 is 24.7 Å². The predicted octanol–water partition coefficient (Wildman–Crippen LogP) is 4.60. The van der Waals surface area contributed by atoms with Crippen LogP contribution < -0.4 is 15.4 Å². The van der Waals surface area contributed by atoms with Crippen molar-refractivity contribution in [3.63, 3.8) is 0 Å². The molecule has 7 rings (SSSR count). The summed E-state index contributed by atoms with van der Waals surface area (Å²) < 4.78 is 13.2. The average Bonchev–Trinajstić information content (AvgIpc) is 3.67. The van der Waals surface area contributed by atoms with E-state index in [9.17, 15) is 9.59 Å². The number of fused-ring (bicyclic) bond motifs is 1. The highest BCUT2D eigenvalue weighted by Crippen LogP contribution is 2.55. The zero-order valence-corrected chi connectivity index (χ0v) is 24.6. The number of pyridine rings is 1. The molecule has 2 amide bonds. The molecule has 11 heteroatoms. The number of carbonyl (C=O) groups excluding carboxylic acids is 2. The molecular formula is C32H37N7O4. The number of carbonyl (C=O) groups is 2. The van der Waals surface area contributed by atoms with Crippen LogP contribution in [0.2, 0.25) is 0 Å². The zero-order chi connectivity index (χ0) is 29.6. The van der Waals surface area contributed by atoms with E-state index >= 15 is 0 Å². The fraction of sp³-hybridized carbons (Fsp3) is 0.469. The number of aromatic nitrogens is 4. The SMILES string of the molecule is COc1cc2nn(C3CC4(CCN(C(=O)C5CCNCC5)CC4)C3)cc2cc1NC(=O)c1coc(-c2ccnc(C)c2)n1. The van der Waals surface area contributed by atoms with Crippen LogP contribution in [0.5, 0.6) is 5.75 Å². The molecule has 1 aromatic carbocycles. The van der Waals surface area contributed by atoms with E-state index in [0.717, 1.165) is 86.9 Å². The van der Waals surface area contributed by atoms with Crippen LogP contribution in [0.25, 0.3) is 22.4 Å². The number of hydrogen-bond acceptors (Lipinski definition) is 8. The number of nitrogens with one attached hydrogen (secondary N) is 2. The lowest BCUT2D eigenvalue weighted by molar-refractivity contribution is -0.140. The van der Waals surface area contributed by atoms with E-state index in [-0.39, 0.29) is 11.6 Å². The van der Waals surface area contributed by atoms with Crippen LogP contribution in [0.4, 0.5) is 5.69 Å². The minimum Gasteiger partial charge on any atom is -0.494 e. The Kier molecular flexibility index (Phi) is 7.12. The summed E-state index contributed by atoms with van der Waals surface area (Å²) in [5.74, 6) is 1.04. The van der Waals surface area contributed by atoms with E-state index in [0.29, 0.717) is 34.7 Å². The van der Waals surface area contributed by atoms with Gasteiger partial charge in [0.05, 0.1) is 24.4 Å². The van der Waals surface area contributed by atoms with Crippen molar-refractivity contribution in [2.45, 2.75) is 51.5 Å². The van der Waals surface area contributed by atoms with Gasteiger partial charge in [-0.15, -0.1) is 0 Å². The molecule has 2 N–H and O–H groups in total. The van der Waals surface area contributed by atoms with E-state index < -0.39 is 5.91 Å². The Bertz CT molecular complexity index is 1660. The largest absolute Gasteiger partial charge is 0.494 e. The van der Waals surface area contributed by atoms with Crippen LogP contribution >= 0.6 is 0 Å². The van der Waals surface area contributed by atoms with Gasteiger partial charge in [-0.1, -0.05) is 0 Å². The van der Waals surface area contributed by atoms with Gasteiger partial charge in [-0.2, -0.15) is 5.10 Å². The number of rotatable bonds is 6. The van der Waals surface area contributed by atoms with Gasteiger partial charge in [0.25, 0.3) is 5.91 Å². The number of piperidine rings is 2. The van der Waals surface area contributed by atoms with Crippen molar-refractivity contribution >= 4 is 28.4 Å². The Hall–Kier alpha value is -4.25. The highest BCUT2D eigenvalue weighted by atomic mass is 16.5. The number of hydrogen-bond donors (Lipinski definition) is 2. The van der Waals surface area contributed by atoms with Crippen molar-refractivity contribution < 1.29 is 18.7 Å². The molecular weight excluding hydrogens is 546 g/mol. The molecule has 3 aliphatic rings. The number of nitrogens with zero attached hydrogens (tertiary/aromatic N) is 5. The number of amides is 2. The van der Waals surface area contributed by atoms with Crippen molar-refractivity contribution in [3.8, 4) is 17.2 Å². The predicted molar refractivity (Wildman–Crippen MR) is 161 cm³/mol. The molecule has 3 aromatic heterocycles. The molecule has 43 heavy (non-hydrogen) atoms. The second-order valence-corrected chi connectivity index (χ2v) is 12.3. The molecule has 0 unspecified atom stereocenters. The van der Waals surface area contributed by atoms with E-state index in [1.54, 1.807) is 19.4 Å². The van der Waals surface area contributed by atoms with Crippen molar-refractivity contribution in [1.29, 1.82) is 0 Å². The number of ether oxygens (including phenoxy) is 1. The first-order chi connectivity index (χ1) is 20.9. The molecule has 11 nitrogen and oxygen atoms in total. The standard InChI is InChI=1S/C32H37N7O4/c1-20-13-22(5-10-34-20)30-36-27(19-43-30)29(40)35-26-14-23-18-39(37-25(23)15-28(26)42-2)24-16-32(17-24)6-11-38(12-7-32)31(41)21-3-8-33-9-4-21/h5,10,13-15,18-19,21,24,33H,3-4,6-9,11-12,16-17H2,1-2H3,(H,35,40). The number of oxazole rings is 1. The molecule has 2 saturated heterocycles. The van der Waals surface area contributed by atoms with Gasteiger partial charge in [0.2, 0.25) is 11.8 Å². The normalized spacial score (nSPS) is 19.0. The Morgan fingerprint density at radius 1 is 1.14 bits per heavy atom. The fourth-order valence-corrected chi connectivity index (χ4v) is 6.96. The zero-order valence-electron chi connectivity index (χ0n) is 24.6. The summed E-state index contributed by atoms with van der Waals surface area (Å²) in [7, 11) is 1.58. The lowest BCUT2D eigenvalue weighted by atomic mass is 9.60. The lowest BCUT2D eigenvalue weighted by Crippen LogP contribution is -2.51. The quantitative estimate of drug-likeness (QED) is 0.337. The van der Waals surface area contributed by atoms with Crippen LogP contribution in [0, 0.1) is 18.3 Å². The average molecular weight is 584 g/mol. The highest BCUT2D eigenvalue weighted by molar-refractivity contribution is 6.05. The summed E-state index contributed by atoms with van der Waals surface area (Å²) >= 11 is 0. The first-order valence-corrected chi connectivity index (χ1v) is 15.2. The Morgan fingerprint density at radius 3 is 2.67 bits per heavy atom. The van der Waals surface area contributed by atoms with E-state index in [4.69, 9.17) is 14.3 Å². The minimum atomic E-state index is -0.392. The van der Waals surface area contributed by atoms with Crippen LogP contribution in [0.15, 0.2) is 47.3 Å². The summed E-state index contributed by atoms with van der Waals surface area (Å²) in [6.45, 7) is 5.51. The molecule has 4 aromatic rings. The van der Waals surface area contributed by atoms with Gasteiger partial charge in [0, 0.05) is 54.1 Å². The molecule has 224 valence electrons. The second-order valence-electron chi connectivity index (χ2n) is 12.3.